The zero-order valence-electron chi connectivity index (χ0n) is 11.4. The highest BCUT2D eigenvalue weighted by atomic mass is 16.6. The van der Waals surface area contributed by atoms with Gasteiger partial charge in [-0.05, 0) is 25.0 Å². The fourth-order valence-corrected chi connectivity index (χ4v) is 2.10. The second-order valence-electron chi connectivity index (χ2n) is 5.07. The standard InChI is InChI=1S/C14H15N5O2/c1-2-9(1)17-14-18-13(8-15-19-14)16-10-3-4-11-12(7-10)21-6-5-20-11/h3-4,7-9H,1-2,5-6H2,(H2,16,17,18,19). The van der Waals surface area contributed by atoms with E-state index in [0.29, 0.717) is 31.0 Å². The molecule has 1 aliphatic carbocycles. The van der Waals surface area contributed by atoms with Gasteiger partial charge in [-0.15, -0.1) is 5.10 Å². The molecule has 7 nitrogen and oxygen atoms in total. The van der Waals surface area contributed by atoms with Gasteiger partial charge in [0.25, 0.3) is 0 Å². The minimum absolute atomic E-state index is 0.497. The van der Waals surface area contributed by atoms with Crippen molar-refractivity contribution >= 4 is 17.5 Å². The largest absolute Gasteiger partial charge is 0.486 e. The summed E-state index contributed by atoms with van der Waals surface area (Å²) in [5.41, 5.74) is 0.872. The average molecular weight is 285 g/mol. The van der Waals surface area contributed by atoms with Crippen LogP contribution in [0.25, 0.3) is 0 Å². The van der Waals surface area contributed by atoms with Gasteiger partial charge in [-0.3, -0.25) is 0 Å². The summed E-state index contributed by atoms with van der Waals surface area (Å²) in [6.45, 7) is 1.16. The van der Waals surface area contributed by atoms with Gasteiger partial charge < -0.3 is 20.1 Å². The minimum Gasteiger partial charge on any atom is -0.486 e. The van der Waals surface area contributed by atoms with Gasteiger partial charge in [0.1, 0.15) is 13.2 Å². The third kappa shape index (κ3) is 2.81. The molecule has 0 radical (unpaired) electrons. The lowest BCUT2D eigenvalue weighted by atomic mass is 10.2. The number of hydrogen-bond donors (Lipinski definition) is 2. The van der Waals surface area contributed by atoms with Crippen molar-refractivity contribution in [2.24, 2.45) is 0 Å². The lowest BCUT2D eigenvalue weighted by Gasteiger charge is -2.19. The molecule has 0 spiro atoms. The van der Waals surface area contributed by atoms with Crippen molar-refractivity contribution in [2.75, 3.05) is 23.8 Å². The molecular weight excluding hydrogens is 270 g/mol. The Morgan fingerprint density at radius 3 is 2.81 bits per heavy atom. The third-order valence-electron chi connectivity index (χ3n) is 3.28. The van der Waals surface area contributed by atoms with Crippen LogP contribution in [0.2, 0.25) is 0 Å². The molecule has 1 aliphatic heterocycles. The van der Waals surface area contributed by atoms with Crippen molar-refractivity contribution in [2.45, 2.75) is 18.9 Å². The molecule has 2 aromatic rings. The summed E-state index contributed by atoms with van der Waals surface area (Å²) in [4.78, 5) is 4.39. The van der Waals surface area contributed by atoms with Crippen LogP contribution in [-0.2, 0) is 0 Å². The number of rotatable bonds is 4. The van der Waals surface area contributed by atoms with Gasteiger partial charge >= 0.3 is 0 Å². The Labute approximate surface area is 121 Å². The summed E-state index contributed by atoms with van der Waals surface area (Å²) in [5, 5.41) is 14.4. The molecular formula is C14H15N5O2. The van der Waals surface area contributed by atoms with E-state index in [-0.39, 0.29) is 0 Å². The van der Waals surface area contributed by atoms with Gasteiger partial charge in [0.15, 0.2) is 17.3 Å². The Balaban J connectivity index is 1.52. The predicted molar refractivity (Wildman–Crippen MR) is 77.2 cm³/mol. The van der Waals surface area contributed by atoms with Crippen LogP contribution in [-0.4, -0.2) is 34.4 Å². The van der Waals surface area contributed by atoms with Crippen LogP contribution in [0.1, 0.15) is 12.8 Å². The van der Waals surface area contributed by atoms with Crippen molar-refractivity contribution in [3.8, 4) is 11.5 Å². The first-order chi connectivity index (χ1) is 10.4. The second-order valence-corrected chi connectivity index (χ2v) is 5.07. The highest BCUT2D eigenvalue weighted by molar-refractivity contribution is 5.61. The molecule has 0 amide bonds. The molecule has 0 saturated heterocycles. The van der Waals surface area contributed by atoms with Gasteiger partial charge in [0.05, 0.1) is 6.20 Å². The topological polar surface area (TPSA) is 81.2 Å². The van der Waals surface area contributed by atoms with Crippen LogP contribution in [0.15, 0.2) is 24.4 Å². The predicted octanol–water partition coefficient (Wildman–Crippen LogP) is 1.96. The van der Waals surface area contributed by atoms with Gasteiger partial charge in [0.2, 0.25) is 5.95 Å². The van der Waals surface area contributed by atoms with E-state index in [2.05, 4.69) is 25.8 Å². The van der Waals surface area contributed by atoms with E-state index in [1.54, 1.807) is 6.20 Å². The number of hydrogen-bond acceptors (Lipinski definition) is 7. The molecule has 1 aromatic heterocycles. The Morgan fingerprint density at radius 1 is 1.10 bits per heavy atom. The summed E-state index contributed by atoms with van der Waals surface area (Å²) in [5.74, 6) is 2.71. The maximum atomic E-state index is 5.56. The van der Waals surface area contributed by atoms with E-state index < -0.39 is 0 Å². The van der Waals surface area contributed by atoms with Gasteiger partial charge in [-0.25, -0.2) is 0 Å². The molecule has 1 aromatic carbocycles. The second kappa shape index (κ2) is 5.08. The monoisotopic (exact) mass is 285 g/mol. The summed E-state index contributed by atoms with van der Waals surface area (Å²) in [6, 6.07) is 6.19. The van der Waals surface area contributed by atoms with E-state index in [4.69, 9.17) is 9.47 Å². The lowest BCUT2D eigenvalue weighted by molar-refractivity contribution is 0.171. The molecule has 0 atom stereocenters. The van der Waals surface area contributed by atoms with E-state index in [0.717, 1.165) is 17.2 Å². The molecule has 1 saturated carbocycles. The molecule has 2 N–H and O–H groups in total. The molecule has 2 heterocycles. The highest BCUT2D eigenvalue weighted by Gasteiger charge is 2.22. The van der Waals surface area contributed by atoms with Crippen molar-refractivity contribution in [1.29, 1.82) is 0 Å². The summed E-state index contributed by atoms with van der Waals surface area (Å²) in [7, 11) is 0. The summed E-state index contributed by atoms with van der Waals surface area (Å²) in [6.07, 6.45) is 3.93. The number of anilines is 3. The van der Waals surface area contributed by atoms with Crippen molar-refractivity contribution in [3.05, 3.63) is 24.4 Å². The Kier molecular flexibility index (Phi) is 2.95. The molecule has 0 bridgehead atoms. The molecule has 21 heavy (non-hydrogen) atoms. The SMILES string of the molecule is c1cc2c(cc1Nc1cnnc(NC3CC3)n1)OCCO2. The molecule has 7 heteroatoms. The zero-order valence-corrected chi connectivity index (χ0v) is 11.4. The molecule has 108 valence electrons. The number of aromatic nitrogens is 3. The molecule has 2 aliphatic rings. The lowest BCUT2D eigenvalue weighted by Crippen LogP contribution is -2.15. The van der Waals surface area contributed by atoms with E-state index >= 15 is 0 Å². The average Bonchev–Trinajstić information content (AvgIpc) is 3.31. The Morgan fingerprint density at radius 2 is 1.95 bits per heavy atom. The maximum Gasteiger partial charge on any atom is 0.244 e. The van der Waals surface area contributed by atoms with E-state index in [9.17, 15) is 0 Å². The van der Waals surface area contributed by atoms with Crippen molar-refractivity contribution in [3.63, 3.8) is 0 Å². The Bertz CT molecular complexity index is 660. The summed E-state index contributed by atoms with van der Waals surface area (Å²) >= 11 is 0. The first kappa shape index (κ1) is 12.2. The summed E-state index contributed by atoms with van der Waals surface area (Å²) < 4.78 is 11.1. The zero-order chi connectivity index (χ0) is 14.1. The van der Waals surface area contributed by atoms with Crippen LogP contribution in [0.3, 0.4) is 0 Å². The number of benzene rings is 1. The number of fused-ring (bicyclic) bond motifs is 1. The fourth-order valence-electron chi connectivity index (χ4n) is 2.10. The quantitative estimate of drug-likeness (QED) is 0.888. The highest BCUT2D eigenvalue weighted by Crippen LogP contribution is 2.33. The van der Waals surface area contributed by atoms with Crippen LogP contribution in [0, 0.1) is 0 Å². The molecule has 0 unspecified atom stereocenters. The van der Waals surface area contributed by atoms with Crippen LogP contribution in [0.4, 0.5) is 17.5 Å². The van der Waals surface area contributed by atoms with Gasteiger partial charge in [-0.2, -0.15) is 10.1 Å². The number of nitrogens with zero attached hydrogens (tertiary/aromatic N) is 3. The maximum absolute atomic E-state index is 5.56. The number of ether oxygens (including phenoxy) is 2. The third-order valence-corrected chi connectivity index (χ3v) is 3.28. The van der Waals surface area contributed by atoms with Gasteiger partial charge in [0, 0.05) is 17.8 Å². The first-order valence-corrected chi connectivity index (χ1v) is 7.00. The first-order valence-electron chi connectivity index (χ1n) is 7.00. The van der Waals surface area contributed by atoms with E-state index in [1.807, 2.05) is 18.2 Å². The van der Waals surface area contributed by atoms with Crippen molar-refractivity contribution < 1.29 is 9.47 Å². The fraction of sp³-hybridized carbons (Fsp3) is 0.357. The van der Waals surface area contributed by atoms with Crippen LogP contribution < -0.4 is 20.1 Å². The molecule has 1 fully saturated rings. The van der Waals surface area contributed by atoms with Crippen LogP contribution in [0.5, 0.6) is 11.5 Å². The minimum atomic E-state index is 0.497. The number of nitrogens with one attached hydrogen (secondary N) is 2. The van der Waals surface area contributed by atoms with Crippen LogP contribution >= 0.6 is 0 Å². The Hall–Kier alpha value is -2.57. The van der Waals surface area contributed by atoms with Gasteiger partial charge in [-0.1, -0.05) is 0 Å². The molecule has 4 rings (SSSR count). The van der Waals surface area contributed by atoms with Crippen molar-refractivity contribution in [1.82, 2.24) is 15.2 Å². The smallest absolute Gasteiger partial charge is 0.244 e. The normalized spacial score (nSPS) is 16.4. The van der Waals surface area contributed by atoms with E-state index in [1.165, 1.54) is 12.8 Å².